The smallest absolute Gasteiger partial charge is 0.223 e. The number of likely N-dealkylation sites (tertiary alicyclic amines) is 1. The summed E-state index contributed by atoms with van der Waals surface area (Å²) in [6.45, 7) is 5.97. The van der Waals surface area contributed by atoms with E-state index in [1.54, 1.807) is 0 Å². The van der Waals surface area contributed by atoms with Crippen molar-refractivity contribution >= 4 is 5.91 Å². The highest BCUT2D eigenvalue weighted by Gasteiger charge is 2.25. The molecule has 1 aliphatic rings. The van der Waals surface area contributed by atoms with E-state index in [1.807, 2.05) is 11.8 Å². The first-order chi connectivity index (χ1) is 8.24. The molecule has 1 unspecified atom stereocenters. The molecule has 1 heterocycles. The minimum Gasteiger partial charge on any atom is -0.343 e. The van der Waals surface area contributed by atoms with E-state index in [-0.39, 0.29) is 0 Å². The zero-order chi connectivity index (χ0) is 12.3. The average Bonchev–Trinajstić information content (AvgIpc) is 2.39. The van der Waals surface area contributed by atoms with Gasteiger partial charge in [-0.15, -0.1) is 0 Å². The molecule has 0 aliphatic carbocycles. The number of rotatable bonds is 3. The number of carbonyl (C=O) groups is 1. The Hall–Kier alpha value is -1.31. The minimum atomic E-state index is 0.309. The molecule has 2 rings (SSSR count). The van der Waals surface area contributed by atoms with Crippen molar-refractivity contribution in [3.8, 4) is 0 Å². The van der Waals surface area contributed by atoms with Crippen molar-refractivity contribution in [3.05, 3.63) is 35.4 Å². The second kappa shape index (κ2) is 5.35. The summed E-state index contributed by atoms with van der Waals surface area (Å²) in [7, 11) is 0. The zero-order valence-electron chi connectivity index (χ0n) is 10.8. The molecule has 1 saturated heterocycles. The fourth-order valence-electron chi connectivity index (χ4n) is 2.52. The molecule has 1 atom stereocenters. The lowest BCUT2D eigenvalue weighted by molar-refractivity contribution is -0.133. The van der Waals surface area contributed by atoms with Gasteiger partial charge in [0.1, 0.15) is 0 Å². The van der Waals surface area contributed by atoms with Gasteiger partial charge in [0.2, 0.25) is 5.91 Å². The molecule has 2 heteroatoms. The van der Waals surface area contributed by atoms with E-state index in [2.05, 4.69) is 31.2 Å². The van der Waals surface area contributed by atoms with Crippen molar-refractivity contribution in [2.24, 2.45) is 0 Å². The van der Waals surface area contributed by atoms with Crippen molar-refractivity contribution < 1.29 is 4.79 Å². The van der Waals surface area contributed by atoms with Gasteiger partial charge in [-0.3, -0.25) is 4.79 Å². The summed E-state index contributed by atoms with van der Waals surface area (Å²) < 4.78 is 0. The Kier molecular flexibility index (Phi) is 3.82. The third-order valence-electron chi connectivity index (χ3n) is 3.76. The van der Waals surface area contributed by atoms with Crippen molar-refractivity contribution in [2.45, 2.75) is 39.0 Å². The van der Waals surface area contributed by atoms with Crippen LogP contribution in [0.4, 0.5) is 0 Å². The summed E-state index contributed by atoms with van der Waals surface area (Å²) in [5, 5.41) is 0. The molecule has 0 aromatic heterocycles. The lowest BCUT2D eigenvalue weighted by atomic mass is 9.88. The predicted molar refractivity (Wildman–Crippen MR) is 70.0 cm³/mol. The van der Waals surface area contributed by atoms with Crippen LogP contribution in [0.2, 0.25) is 0 Å². The first kappa shape index (κ1) is 12.2. The lowest BCUT2D eigenvalue weighted by Crippen LogP contribution is -2.37. The molecule has 0 spiro atoms. The molecule has 0 saturated carbocycles. The maximum Gasteiger partial charge on any atom is 0.223 e. The van der Waals surface area contributed by atoms with Gasteiger partial charge in [0.25, 0.3) is 0 Å². The Labute approximate surface area is 104 Å². The number of nitrogens with zero attached hydrogens (tertiary/aromatic N) is 1. The van der Waals surface area contributed by atoms with Crippen LogP contribution in [-0.4, -0.2) is 23.9 Å². The van der Waals surface area contributed by atoms with Crippen LogP contribution in [0.5, 0.6) is 0 Å². The minimum absolute atomic E-state index is 0.309. The Morgan fingerprint density at radius 1 is 1.24 bits per heavy atom. The van der Waals surface area contributed by atoms with Crippen LogP contribution in [0.3, 0.4) is 0 Å². The lowest BCUT2D eigenvalue weighted by Gasteiger charge is -2.31. The van der Waals surface area contributed by atoms with Crippen LogP contribution in [0.25, 0.3) is 0 Å². The van der Waals surface area contributed by atoms with Crippen LogP contribution in [0.15, 0.2) is 24.3 Å². The van der Waals surface area contributed by atoms with E-state index in [0.717, 1.165) is 25.9 Å². The van der Waals surface area contributed by atoms with Crippen LogP contribution in [0, 0.1) is 0 Å². The summed E-state index contributed by atoms with van der Waals surface area (Å²) in [4.78, 5) is 13.8. The van der Waals surface area contributed by atoms with Gasteiger partial charge in [-0.1, -0.05) is 31.2 Å². The van der Waals surface area contributed by atoms with E-state index in [1.165, 1.54) is 11.1 Å². The van der Waals surface area contributed by atoms with E-state index < -0.39 is 0 Å². The van der Waals surface area contributed by atoms with E-state index in [9.17, 15) is 4.79 Å². The number of carbonyl (C=O) groups excluding carboxylic acids is 1. The van der Waals surface area contributed by atoms with Crippen molar-refractivity contribution in [3.63, 3.8) is 0 Å². The number of piperidine rings is 1. The zero-order valence-corrected chi connectivity index (χ0v) is 10.8. The van der Waals surface area contributed by atoms with Gasteiger partial charge >= 0.3 is 0 Å². The summed E-state index contributed by atoms with van der Waals surface area (Å²) >= 11 is 0. The molecule has 0 bridgehead atoms. The first-order valence-corrected chi connectivity index (χ1v) is 6.61. The highest BCUT2D eigenvalue weighted by Crippen LogP contribution is 2.28. The second-order valence-corrected chi connectivity index (χ2v) is 4.76. The number of amides is 1. The van der Waals surface area contributed by atoms with E-state index in [0.29, 0.717) is 18.2 Å². The maximum absolute atomic E-state index is 11.9. The van der Waals surface area contributed by atoms with Crippen molar-refractivity contribution in [2.75, 3.05) is 13.1 Å². The third kappa shape index (κ3) is 2.68. The molecule has 1 aromatic rings. The van der Waals surface area contributed by atoms with Crippen molar-refractivity contribution in [1.82, 2.24) is 4.90 Å². The number of hydrogen-bond acceptors (Lipinski definition) is 1. The maximum atomic E-state index is 11.9. The fraction of sp³-hybridized carbons (Fsp3) is 0.533. The SMILES string of the molecule is CCc1ccc(C2CCN(CC)C(=O)C2)cc1. The molecule has 1 aliphatic heterocycles. The molecule has 17 heavy (non-hydrogen) atoms. The molecule has 1 aromatic carbocycles. The molecule has 0 radical (unpaired) electrons. The summed E-state index contributed by atoms with van der Waals surface area (Å²) in [5.74, 6) is 0.736. The van der Waals surface area contributed by atoms with Crippen LogP contribution in [0.1, 0.15) is 43.7 Å². The van der Waals surface area contributed by atoms with Crippen molar-refractivity contribution in [1.29, 1.82) is 0 Å². The highest BCUT2D eigenvalue weighted by atomic mass is 16.2. The highest BCUT2D eigenvalue weighted by molar-refractivity contribution is 5.78. The monoisotopic (exact) mass is 231 g/mol. The second-order valence-electron chi connectivity index (χ2n) is 4.76. The Morgan fingerprint density at radius 2 is 1.94 bits per heavy atom. The fourth-order valence-corrected chi connectivity index (χ4v) is 2.52. The van der Waals surface area contributed by atoms with Crippen LogP contribution >= 0.6 is 0 Å². The molecule has 92 valence electrons. The van der Waals surface area contributed by atoms with Gasteiger partial charge < -0.3 is 4.90 Å². The molecule has 2 nitrogen and oxygen atoms in total. The van der Waals surface area contributed by atoms with Gasteiger partial charge in [0, 0.05) is 19.5 Å². The molecule has 1 amide bonds. The Bertz CT molecular complexity index is 382. The van der Waals surface area contributed by atoms with Gasteiger partial charge in [0.05, 0.1) is 0 Å². The summed E-state index contributed by atoms with van der Waals surface area (Å²) in [5.41, 5.74) is 2.69. The molecule has 1 fully saturated rings. The number of hydrogen-bond donors (Lipinski definition) is 0. The quantitative estimate of drug-likeness (QED) is 0.783. The Balaban J connectivity index is 2.05. The summed E-state index contributed by atoms with van der Waals surface area (Å²) in [6.07, 6.45) is 2.86. The topological polar surface area (TPSA) is 20.3 Å². The largest absolute Gasteiger partial charge is 0.343 e. The predicted octanol–water partition coefficient (Wildman–Crippen LogP) is 2.97. The van der Waals surface area contributed by atoms with Crippen LogP contribution in [-0.2, 0) is 11.2 Å². The standard InChI is InChI=1S/C15H21NO/c1-3-12-5-7-13(8-6-12)14-9-10-16(4-2)15(17)11-14/h5-8,14H,3-4,9-11H2,1-2H3. The number of benzene rings is 1. The van der Waals surface area contributed by atoms with Crippen LogP contribution < -0.4 is 0 Å². The van der Waals surface area contributed by atoms with Gasteiger partial charge in [-0.2, -0.15) is 0 Å². The van der Waals surface area contributed by atoms with Gasteiger partial charge in [0.15, 0.2) is 0 Å². The first-order valence-electron chi connectivity index (χ1n) is 6.61. The van der Waals surface area contributed by atoms with E-state index in [4.69, 9.17) is 0 Å². The molecular formula is C15H21NO. The van der Waals surface area contributed by atoms with Gasteiger partial charge in [-0.05, 0) is 36.8 Å². The third-order valence-corrected chi connectivity index (χ3v) is 3.76. The van der Waals surface area contributed by atoms with E-state index >= 15 is 0 Å². The molecule has 0 N–H and O–H groups in total. The summed E-state index contributed by atoms with van der Waals surface area (Å²) in [6, 6.07) is 8.76. The normalized spacial score (nSPS) is 20.7. The molecular weight excluding hydrogens is 210 g/mol. The Morgan fingerprint density at radius 3 is 2.47 bits per heavy atom. The number of aryl methyl sites for hydroxylation is 1. The van der Waals surface area contributed by atoms with Gasteiger partial charge in [-0.25, -0.2) is 0 Å². The average molecular weight is 231 g/mol.